The maximum absolute atomic E-state index is 11.4. The van der Waals surface area contributed by atoms with Crippen LogP contribution in [0.5, 0.6) is 0 Å². The molecule has 4 nitrogen and oxygen atoms in total. The molecule has 20 heavy (non-hydrogen) atoms. The van der Waals surface area contributed by atoms with Crippen molar-refractivity contribution in [2.45, 2.75) is 26.2 Å². The monoisotopic (exact) mass is 271 g/mol. The first kappa shape index (κ1) is 14.1. The van der Waals surface area contributed by atoms with E-state index >= 15 is 0 Å². The summed E-state index contributed by atoms with van der Waals surface area (Å²) in [4.78, 5) is 24.8. The van der Waals surface area contributed by atoms with Crippen molar-refractivity contribution in [3.8, 4) is 11.1 Å². The van der Waals surface area contributed by atoms with Crippen LogP contribution in [0.15, 0.2) is 41.3 Å². The number of hydrogen-bond donors (Lipinski definition) is 2. The van der Waals surface area contributed by atoms with Gasteiger partial charge in [0.25, 0.3) is 5.56 Å². The summed E-state index contributed by atoms with van der Waals surface area (Å²) in [7, 11) is 0. The van der Waals surface area contributed by atoms with Crippen molar-refractivity contribution >= 4 is 5.97 Å². The summed E-state index contributed by atoms with van der Waals surface area (Å²) in [5.41, 5.74) is 1.98. The molecule has 0 amide bonds. The molecule has 1 aromatic heterocycles. The molecule has 0 bridgehead atoms. The number of aromatic nitrogens is 1. The van der Waals surface area contributed by atoms with Gasteiger partial charge in [0.2, 0.25) is 0 Å². The minimum absolute atomic E-state index is 0.0652. The van der Waals surface area contributed by atoms with Gasteiger partial charge < -0.3 is 10.1 Å². The molecule has 0 atom stereocenters. The van der Waals surface area contributed by atoms with Crippen LogP contribution in [0.1, 0.15) is 36.7 Å². The molecule has 0 saturated carbocycles. The quantitative estimate of drug-likeness (QED) is 0.882. The Balaban J connectivity index is 2.45. The number of H-pyrrole nitrogens is 1. The van der Waals surface area contributed by atoms with Crippen LogP contribution in [0.3, 0.4) is 0 Å². The molecule has 2 rings (SSSR count). The summed E-state index contributed by atoms with van der Waals surface area (Å²) < 4.78 is 0. The van der Waals surface area contributed by atoms with Crippen LogP contribution in [0.2, 0.25) is 0 Å². The van der Waals surface area contributed by atoms with E-state index in [1.807, 2.05) is 24.3 Å². The molecule has 0 saturated heterocycles. The van der Waals surface area contributed by atoms with Gasteiger partial charge >= 0.3 is 5.97 Å². The lowest BCUT2D eigenvalue weighted by Gasteiger charge is -2.19. The summed E-state index contributed by atoms with van der Waals surface area (Å²) in [6.07, 6.45) is 1.53. The zero-order valence-corrected chi connectivity index (χ0v) is 11.7. The van der Waals surface area contributed by atoms with E-state index in [0.29, 0.717) is 5.56 Å². The molecule has 2 aromatic rings. The molecule has 2 N–H and O–H groups in total. The topological polar surface area (TPSA) is 70.2 Å². The number of carbonyl (C=O) groups is 1. The lowest BCUT2D eigenvalue weighted by molar-refractivity contribution is 0.0695. The van der Waals surface area contributed by atoms with E-state index in [-0.39, 0.29) is 11.0 Å². The Bertz CT molecular complexity index is 691. The lowest BCUT2D eigenvalue weighted by atomic mass is 9.86. The second-order valence-corrected chi connectivity index (χ2v) is 5.76. The Kier molecular flexibility index (Phi) is 3.49. The number of benzene rings is 1. The maximum Gasteiger partial charge on any atom is 0.341 e. The Labute approximate surface area is 117 Å². The number of hydrogen-bond acceptors (Lipinski definition) is 2. The molecule has 0 unspecified atom stereocenters. The van der Waals surface area contributed by atoms with Gasteiger partial charge in [-0.15, -0.1) is 0 Å². The van der Waals surface area contributed by atoms with E-state index in [2.05, 4.69) is 25.8 Å². The Hall–Kier alpha value is -2.36. The number of pyridine rings is 1. The Morgan fingerprint density at radius 2 is 1.70 bits per heavy atom. The molecule has 0 aliphatic carbocycles. The third-order valence-corrected chi connectivity index (χ3v) is 3.22. The van der Waals surface area contributed by atoms with Gasteiger partial charge in [-0.05, 0) is 28.2 Å². The van der Waals surface area contributed by atoms with Gasteiger partial charge in [0.15, 0.2) is 0 Å². The van der Waals surface area contributed by atoms with Gasteiger partial charge in [-0.2, -0.15) is 0 Å². The van der Waals surface area contributed by atoms with E-state index in [1.165, 1.54) is 17.8 Å². The normalized spacial score (nSPS) is 11.3. The van der Waals surface area contributed by atoms with Crippen LogP contribution in [0.4, 0.5) is 0 Å². The molecular weight excluding hydrogens is 254 g/mol. The van der Waals surface area contributed by atoms with Crippen LogP contribution >= 0.6 is 0 Å². The van der Waals surface area contributed by atoms with Crippen molar-refractivity contribution in [2.24, 2.45) is 0 Å². The van der Waals surface area contributed by atoms with Gasteiger partial charge in [-0.1, -0.05) is 45.0 Å². The molecule has 104 valence electrons. The van der Waals surface area contributed by atoms with Crippen LogP contribution in [0.25, 0.3) is 11.1 Å². The maximum atomic E-state index is 11.4. The van der Waals surface area contributed by atoms with Gasteiger partial charge in [0.05, 0.1) is 0 Å². The molecular formula is C16H17NO3. The molecule has 4 heteroatoms. The summed E-state index contributed by atoms with van der Waals surface area (Å²) in [5, 5.41) is 8.97. The van der Waals surface area contributed by atoms with Crippen molar-refractivity contribution in [2.75, 3.05) is 0 Å². The van der Waals surface area contributed by atoms with Crippen LogP contribution in [-0.4, -0.2) is 16.1 Å². The largest absolute Gasteiger partial charge is 0.477 e. The first-order valence-electron chi connectivity index (χ1n) is 6.36. The fourth-order valence-corrected chi connectivity index (χ4v) is 1.97. The van der Waals surface area contributed by atoms with Gasteiger partial charge in [-0.25, -0.2) is 4.79 Å². The van der Waals surface area contributed by atoms with Crippen LogP contribution in [0, 0.1) is 0 Å². The average Bonchev–Trinajstić information content (AvgIpc) is 2.38. The van der Waals surface area contributed by atoms with Crippen molar-refractivity contribution in [3.05, 3.63) is 58.0 Å². The molecule has 0 aliphatic rings. The van der Waals surface area contributed by atoms with E-state index in [0.717, 1.165) is 5.56 Å². The number of aromatic carboxylic acids is 1. The highest BCUT2D eigenvalue weighted by atomic mass is 16.4. The van der Waals surface area contributed by atoms with Gasteiger partial charge in [0, 0.05) is 6.20 Å². The summed E-state index contributed by atoms with van der Waals surface area (Å²) >= 11 is 0. The third kappa shape index (κ3) is 2.79. The second-order valence-electron chi connectivity index (χ2n) is 5.76. The molecule has 0 fully saturated rings. The van der Waals surface area contributed by atoms with Crippen molar-refractivity contribution in [1.29, 1.82) is 0 Å². The van der Waals surface area contributed by atoms with Crippen molar-refractivity contribution in [3.63, 3.8) is 0 Å². The third-order valence-electron chi connectivity index (χ3n) is 3.22. The predicted octanol–water partition coefficient (Wildman–Crippen LogP) is 3.04. The fourth-order valence-electron chi connectivity index (χ4n) is 1.97. The van der Waals surface area contributed by atoms with E-state index in [4.69, 9.17) is 5.11 Å². The van der Waals surface area contributed by atoms with E-state index < -0.39 is 11.5 Å². The number of carboxylic acid groups (broad SMARTS) is 1. The summed E-state index contributed by atoms with van der Waals surface area (Å²) in [5.74, 6) is -1.22. The number of carboxylic acids is 1. The fraction of sp³-hybridized carbons (Fsp3) is 0.250. The molecule has 1 heterocycles. The zero-order valence-electron chi connectivity index (χ0n) is 11.7. The van der Waals surface area contributed by atoms with Crippen molar-refractivity contribution < 1.29 is 9.90 Å². The minimum atomic E-state index is -1.22. The minimum Gasteiger partial charge on any atom is -0.477 e. The standard InChI is InChI=1S/C16H17NO3/c1-16(2,3)12-6-4-10(5-7-12)11-8-13(15(19)20)14(18)17-9-11/h4-9H,1-3H3,(H,17,18)(H,19,20). The number of aromatic amines is 1. The SMILES string of the molecule is CC(C)(C)c1ccc(-c2c[nH]c(=O)c(C(=O)O)c2)cc1. The predicted molar refractivity (Wildman–Crippen MR) is 78.2 cm³/mol. The van der Waals surface area contributed by atoms with E-state index in [9.17, 15) is 9.59 Å². The van der Waals surface area contributed by atoms with Gasteiger partial charge in [0.1, 0.15) is 5.56 Å². The smallest absolute Gasteiger partial charge is 0.341 e. The number of nitrogens with one attached hydrogen (secondary N) is 1. The lowest BCUT2D eigenvalue weighted by Crippen LogP contribution is -2.16. The number of rotatable bonds is 2. The Morgan fingerprint density at radius 3 is 2.20 bits per heavy atom. The highest BCUT2D eigenvalue weighted by Gasteiger charge is 2.14. The summed E-state index contributed by atoms with van der Waals surface area (Å²) in [6.45, 7) is 6.39. The van der Waals surface area contributed by atoms with Crippen LogP contribution in [-0.2, 0) is 5.41 Å². The highest BCUT2D eigenvalue weighted by Crippen LogP contribution is 2.25. The van der Waals surface area contributed by atoms with Crippen LogP contribution < -0.4 is 5.56 Å². The van der Waals surface area contributed by atoms with Gasteiger partial charge in [-0.3, -0.25) is 4.79 Å². The first-order chi connectivity index (χ1) is 9.29. The van der Waals surface area contributed by atoms with E-state index in [1.54, 1.807) is 0 Å². The molecule has 1 aromatic carbocycles. The first-order valence-corrected chi connectivity index (χ1v) is 6.36. The molecule has 0 radical (unpaired) electrons. The zero-order chi connectivity index (χ0) is 14.9. The summed E-state index contributed by atoms with van der Waals surface area (Å²) in [6, 6.07) is 9.29. The Morgan fingerprint density at radius 1 is 1.10 bits per heavy atom. The van der Waals surface area contributed by atoms with Crippen molar-refractivity contribution in [1.82, 2.24) is 4.98 Å². The molecule has 0 spiro atoms. The average molecular weight is 271 g/mol. The second kappa shape index (κ2) is 4.96. The highest BCUT2D eigenvalue weighted by molar-refractivity contribution is 5.88. The molecule has 0 aliphatic heterocycles.